The van der Waals surface area contributed by atoms with Crippen LogP contribution >= 0.6 is 11.3 Å². The third-order valence-corrected chi connectivity index (χ3v) is 7.63. The van der Waals surface area contributed by atoms with Crippen LogP contribution < -0.4 is 0 Å². The Kier molecular flexibility index (Phi) is 7.39. The van der Waals surface area contributed by atoms with Gasteiger partial charge >= 0.3 is 0 Å². The van der Waals surface area contributed by atoms with Crippen molar-refractivity contribution in [2.24, 2.45) is 11.8 Å². The van der Waals surface area contributed by atoms with Crippen molar-refractivity contribution in [3.05, 3.63) is 58.3 Å². The van der Waals surface area contributed by atoms with Crippen molar-refractivity contribution in [1.29, 1.82) is 0 Å². The average molecular weight is 411 g/mol. The van der Waals surface area contributed by atoms with Crippen LogP contribution in [-0.4, -0.2) is 41.9 Å². The van der Waals surface area contributed by atoms with Crippen molar-refractivity contribution in [2.75, 3.05) is 26.2 Å². The quantitative estimate of drug-likeness (QED) is 0.625. The van der Waals surface area contributed by atoms with Crippen LogP contribution in [0.5, 0.6) is 0 Å². The van der Waals surface area contributed by atoms with Crippen LogP contribution in [0.3, 0.4) is 0 Å². The second kappa shape index (κ2) is 10.4. The lowest BCUT2D eigenvalue weighted by Crippen LogP contribution is -2.39. The second-order valence-corrected chi connectivity index (χ2v) is 9.88. The van der Waals surface area contributed by atoms with E-state index in [9.17, 15) is 4.79 Å². The van der Waals surface area contributed by atoms with Gasteiger partial charge in [0.2, 0.25) is 5.91 Å². The number of amides is 1. The zero-order valence-corrected chi connectivity index (χ0v) is 18.3. The minimum atomic E-state index is 0.393. The van der Waals surface area contributed by atoms with Crippen molar-refractivity contribution in [1.82, 2.24) is 9.80 Å². The zero-order valence-electron chi connectivity index (χ0n) is 17.5. The van der Waals surface area contributed by atoms with Gasteiger partial charge in [-0.05, 0) is 80.5 Å². The fourth-order valence-electron chi connectivity index (χ4n) is 4.88. The molecule has 0 bridgehead atoms. The molecule has 4 heteroatoms. The molecule has 1 aromatic carbocycles. The molecule has 2 fully saturated rings. The number of hydrogen-bond acceptors (Lipinski definition) is 3. The van der Waals surface area contributed by atoms with Crippen LogP contribution in [0.2, 0.25) is 0 Å². The van der Waals surface area contributed by atoms with Crippen molar-refractivity contribution < 1.29 is 4.79 Å². The maximum Gasteiger partial charge on any atom is 0.222 e. The molecule has 4 rings (SSSR count). The number of nitrogens with zero attached hydrogens (tertiary/aromatic N) is 2. The van der Waals surface area contributed by atoms with E-state index in [1.165, 1.54) is 36.4 Å². The first kappa shape index (κ1) is 20.6. The zero-order chi connectivity index (χ0) is 19.9. The first-order chi connectivity index (χ1) is 14.3. The molecule has 0 radical (unpaired) electrons. The van der Waals surface area contributed by atoms with E-state index < -0.39 is 0 Å². The molecule has 0 saturated carbocycles. The number of rotatable bonds is 7. The highest BCUT2D eigenvalue weighted by Gasteiger charge is 2.25. The van der Waals surface area contributed by atoms with Crippen LogP contribution in [0, 0.1) is 11.8 Å². The average Bonchev–Trinajstić information content (AvgIpc) is 3.27. The summed E-state index contributed by atoms with van der Waals surface area (Å²) in [6.45, 7) is 5.37. The van der Waals surface area contributed by atoms with Crippen molar-refractivity contribution >= 4 is 17.2 Å². The molecule has 3 nitrogen and oxygen atoms in total. The summed E-state index contributed by atoms with van der Waals surface area (Å²) < 4.78 is 0. The predicted molar refractivity (Wildman–Crippen MR) is 121 cm³/mol. The standard InChI is InChI=1S/C25H34N2OS/c28-25(27-16-12-23(13-17-27)19-22-5-2-1-3-6-22)9-8-21-10-14-26(15-11-21)20-24-7-4-18-29-24/h1-7,18,21,23H,8-17,19-20H2. The van der Waals surface area contributed by atoms with Crippen LogP contribution in [0.4, 0.5) is 0 Å². The fourth-order valence-corrected chi connectivity index (χ4v) is 5.62. The van der Waals surface area contributed by atoms with Crippen molar-refractivity contribution in [2.45, 2.75) is 51.5 Å². The van der Waals surface area contributed by atoms with E-state index in [0.29, 0.717) is 5.91 Å². The molecule has 156 valence electrons. The molecule has 3 heterocycles. The lowest BCUT2D eigenvalue weighted by molar-refractivity contribution is -0.133. The molecule has 2 saturated heterocycles. The summed E-state index contributed by atoms with van der Waals surface area (Å²) in [5.41, 5.74) is 1.43. The highest BCUT2D eigenvalue weighted by molar-refractivity contribution is 7.09. The molecule has 2 aliphatic rings. The molecule has 0 unspecified atom stereocenters. The van der Waals surface area contributed by atoms with E-state index in [2.05, 4.69) is 57.6 Å². The SMILES string of the molecule is O=C(CCC1CCN(Cc2cccs2)CC1)N1CCC(Cc2ccccc2)CC1. The summed E-state index contributed by atoms with van der Waals surface area (Å²) in [7, 11) is 0. The van der Waals surface area contributed by atoms with E-state index in [-0.39, 0.29) is 0 Å². The minimum Gasteiger partial charge on any atom is -0.343 e. The Morgan fingerprint density at radius 2 is 1.62 bits per heavy atom. The highest BCUT2D eigenvalue weighted by Crippen LogP contribution is 2.26. The van der Waals surface area contributed by atoms with Gasteiger partial charge in [0.25, 0.3) is 0 Å². The smallest absolute Gasteiger partial charge is 0.222 e. The summed E-state index contributed by atoms with van der Waals surface area (Å²) >= 11 is 1.86. The monoisotopic (exact) mass is 410 g/mol. The summed E-state index contributed by atoms with van der Waals surface area (Å²) in [6.07, 6.45) is 7.79. The Morgan fingerprint density at radius 3 is 2.31 bits per heavy atom. The molecular weight excluding hydrogens is 376 g/mol. The number of carbonyl (C=O) groups excluding carboxylic acids is 1. The molecule has 1 aromatic heterocycles. The topological polar surface area (TPSA) is 23.6 Å². The highest BCUT2D eigenvalue weighted by atomic mass is 32.1. The summed E-state index contributed by atoms with van der Waals surface area (Å²) in [5.74, 6) is 1.85. The fraction of sp³-hybridized carbons (Fsp3) is 0.560. The number of thiophene rings is 1. The first-order valence-corrected chi connectivity index (χ1v) is 12.2. The number of benzene rings is 1. The Balaban J connectivity index is 1.12. The summed E-state index contributed by atoms with van der Waals surface area (Å²) in [4.78, 5) is 18.9. The molecular formula is C25H34N2OS. The molecule has 0 N–H and O–H groups in total. The number of carbonyl (C=O) groups is 1. The Hall–Kier alpha value is -1.65. The minimum absolute atomic E-state index is 0.393. The van der Waals surface area contributed by atoms with Crippen molar-refractivity contribution in [3.63, 3.8) is 0 Å². The third-order valence-electron chi connectivity index (χ3n) is 6.77. The van der Waals surface area contributed by atoms with E-state index in [4.69, 9.17) is 0 Å². The van der Waals surface area contributed by atoms with Gasteiger partial charge in [0.05, 0.1) is 0 Å². The van der Waals surface area contributed by atoms with Gasteiger partial charge in [-0.1, -0.05) is 36.4 Å². The number of likely N-dealkylation sites (tertiary alicyclic amines) is 2. The maximum atomic E-state index is 12.7. The predicted octanol–water partition coefficient (Wildman–Crippen LogP) is 5.22. The van der Waals surface area contributed by atoms with Gasteiger partial charge in [-0.2, -0.15) is 0 Å². The maximum absolute atomic E-state index is 12.7. The lowest BCUT2D eigenvalue weighted by atomic mass is 9.89. The molecule has 29 heavy (non-hydrogen) atoms. The number of hydrogen-bond donors (Lipinski definition) is 0. The molecule has 0 spiro atoms. The first-order valence-electron chi connectivity index (χ1n) is 11.3. The molecule has 1 amide bonds. The Labute approximate surface area is 179 Å². The molecule has 0 aliphatic carbocycles. The molecule has 2 aliphatic heterocycles. The van der Waals surface area contributed by atoms with Crippen molar-refractivity contribution in [3.8, 4) is 0 Å². The van der Waals surface area contributed by atoms with Gasteiger partial charge in [-0.3, -0.25) is 9.69 Å². The molecule has 0 atom stereocenters. The van der Waals surface area contributed by atoms with E-state index in [1.807, 2.05) is 11.3 Å². The van der Waals surface area contributed by atoms with Gasteiger partial charge in [0, 0.05) is 30.9 Å². The van der Waals surface area contributed by atoms with Crippen LogP contribution in [0.1, 0.15) is 49.0 Å². The summed E-state index contributed by atoms with van der Waals surface area (Å²) in [5, 5.41) is 2.16. The Morgan fingerprint density at radius 1 is 0.897 bits per heavy atom. The summed E-state index contributed by atoms with van der Waals surface area (Å²) in [6, 6.07) is 15.2. The van der Waals surface area contributed by atoms with Gasteiger partial charge in [-0.25, -0.2) is 0 Å². The van der Waals surface area contributed by atoms with E-state index in [0.717, 1.165) is 63.6 Å². The molecule has 2 aromatic rings. The lowest BCUT2D eigenvalue weighted by Gasteiger charge is -2.34. The van der Waals surface area contributed by atoms with E-state index >= 15 is 0 Å². The second-order valence-electron chi connectivity index (χ2n) is 8.85. The number of piperidine rings is 2. The van der Waals surface area contributed by atoms with Gasteiger partial charge in [0.15, 0.2) is 0 Å². The van der Waals surface area contributed by atoms with Gasteiger partial charge in [0.1, 0.15) is 0 Å². The van der Waals surface area contributed by atoms with Crippen LogP contribution in [-0.2, 0) is 17.8 Å². The van der Waals surface area contributed by atoms with Crippen LogP contribution in [0.15, 0.2) is 47.8 Å². The largest absolute Gasteiger partial charge is 0.343 e. The normalized spacial score (nSPS) is 19.5. The third kappa shape index (κ3) is 6.16. The van der Waals surface area contributed by atoms with E-state index in [1.54, 1.807) is 0 Å². The van der Waals surface area contributed by atoms with Gasteiger partial charge < -0.3 is 4.90 Å². The Bertz CT molecular complexity index is 729. The van der Waals surface area contributed by atoms with Gasteiger partial charge in [-0.15, -0.1) is 11.3 Å². The van der Waals surface area contributed by atoms with Crippen LogP contribution in [0.25, 0.3) is 0 Å².